The number of hydrogen-bond donors (Lipinski definition) is 1. The van der Waals surface area contributed by atoms with E-state index in [9.17, 15) is 9.18 Å². The van der Waals surface area contributed by atoms with E-state index < -0.39 is 5.82 Å². The molecule has 1 aromatic carbocycles. The Hall–Kier alpha value is -2.26. The molecule has 0 bridgehead atoms. The first-order valence-corrected chi connectivity index (χ1v) is 8.78. The molecule has 0 saturated heterocycles. The summed E-state index contributed by atoms with van der Waals surface area (Å²) in [5.41, 5.74) is 0.972. The Labute approximate surface area is 145 Å². The van der Waals surface area contributed by atoms with E-state index in [1.54, 1.807) is 12.1 Å². The highest BCUT2D eigenvalue weighted by Crippen LogP contribution is 2.30. The highest BCUT2D eigenvalue weighted by Gasteiger charge is 2.16. The Morgan fingerprint density at radius 3 is 2.83 bits per heavy atom. The molecule has 2 heterocycles. The molecule has 3 rings (SSSR count). The van der Waals surface area contributed by atoms with Crippen LogP contribution in [0.3, 0.4) is 0 Å². The fourth-order valence-corrected chi connectivity index (χ4v) is 3.37. The number of halogens is 1. The molecule has 1 amide bonds. The van der Waals surface area contributed by atoms with Crippen LogP contribution in [-0.4, -0.2) is 26.8 Å². The van der Waals surface area contributed by atoms with E-state index in [0.717, 1.165) is 27.3 Å². The number of carbonyl (C=O) groups excluding carboxylic acids is 1. The molecular weight excluding hydrogens is 351 g/mol. The number of rotatable bonds is 5. The van der Waals surface area contributed by atoms with Crippen molar-refractivity contribution in [1.82, 2.24) is 15.2 Å². The number of aromatic nitrogens is 3. The van der Waals surface area contributed by atoms with Gasteiger partial charge in [-0.05, 0) is 26.0 Å². The van der Waals surface area contributed by atoms with Crippen LogP contribution in [0.2, 0.25) is 0 Å². The molecule has 0 saturated carbocycles. The molecule has 0 unspecified atom stereocenters. The lowest BCUT2D eigenvalue weighted by Gasteiger charge is -2.04. The minimum atomic E-state index is -0.480. The van der Waals surface area contributed by atoms with Gasteiger partial charge in [0.15, 0.2) is 0 Å². The summed E-state index contributed by atoms with van der Waals surface area (Å²) >= 11 is 2.56. The summed E-state index contributed by atoms with van der Waals surface area (Å²) in [5.74, 6) is -0.409. The van der Waals surface area contributed by atoms with Gasteiger partial charge in [0.25, 0.3) is 11.1 Å². The van der Waals surface area contributed by atoms with Gasteiger partial charge in [-0.15, -0.1) is 21.5 Å². The molecule has 0 spiro atoms. The SMILES string of the molecule is Cc1nc(C)c(-c2nnc(SCC(=O)Nc3ccccc3F)o2)s1. The molecule has 0 aliphatic heterocycles. The number of benzene rings is 1. The van der Waals surface area contributed by atoms with Gasteiger partial charge in [0.1, 0.15) is 10.7 Å². The molecular formula is C15H13FN4O2S2. The maximum atomic E-state index is 13.5. The van der Waals surface area contributed by atoms with Gasteiger partial charge in [-0.2, -0.15) is 0 Å². The minimum Gasteiger partial charge on any atom is -0.410 e. The molecule has 0 fully saturated rings. The van der Waals surface area contributed by atoms with Crippen molar-refractivity contribution in [3.63, 3.8) is 0 Å². The van der Waals surface area contributed by atoms with Crippen molar-refractivity contribution in [2.24, 2.45) is 0 Å². The van der Waals surface area contributed by atoms with Crippen molar-refractivity contribution in [3.05, 3.63) is 40.8 Å². The molecule has 0 atom stereocenters. The Morgan fingerprint density at radius 1 is 1.33 bits per heavy atom. The van der Waals surface area contributed by atoms with Gasteiger partial charge in [0.05, 0.1) is 22.1 Å². The van der Waals surface area contributed by atoms with E-state index in [0.29, 0.717) is 5.89 Å². The highest BCUT2D eigenvalue weighted by atomic mass is 32.2. The van der Waals surface area contributed by atoms with Gasteiger partial charge in [-0.25, -0.2) is 9.37 Å². The second kappa shape index (κ2) is 7.10. The second-order valence-corrected chi connectivity index (χ2v) is 6.97. The molecule has 0 aliphatic carbocycles. The lowest BCUT2D eigenvalue weighted by molar-refractivity contribution is -0.113. The monoisotopic (exact) mass is 364 g/mol. The number of aryl methyl sites for hydroxylation is 2. The lowest BCUT2D eigenvalue weighted by atomic mass is 10.3. The zero-order valence-corrected chi connectivity index (χ0v) is 14.5. The first-order valence-electron chi connectivity index (χ1n) is 6.98. The van der Waals surface area contributed by atoms with Crippen LogP contribution in [0.25, 0.3) is 10.8 Å². The summed E-state index contributed by atoms with van der Waals surface area (Å²) in [4.78, 5) is 17.0. The third kappa shape index (κ3) is 3.80. The predicted molar refractivity (Wildman–Crippen MR) is 90.6 cm³/mol. The first kappa shape index (κ1) is 16.6. The summed E-state index contributed by atoms with van der Waals surface area (Å²) in [6.45, 7) is 3.78. The number of nitrogens with zero attached hydrogens (tertiary/aromatic N) is 3. The van der Waals surface area contributed by atoms with Crippen LogP contribution in [0.4, 0.5) is 10.1 Å². The molecule has 0 aliphatic rings. The fourth-order valence-electron chi connectivity index (χ4n) is 1.97. The van der Waals surface area contributed by atoms with Crippen molar-refractivity contribution in [2.75, 3.05) is 11.1 Å². The average Bonchev–Trinajstić information content (AvgIpc) is 3.13. The van der Waals surface area contributed by atoms with Gasteiger partial charge in [0.2, 0.25) is 5.91 Å². The van der Waals surface area contributed by atoms with E-state index in [-0.39, 0.29) is 22.6 Å². The Bertz CT molecular complexity index is 878. The van der Waals surface area contributed by atoms with E-state index in [1.165, 1.54) is 23.5 Å². The van der Waals surface area contributed by atoms with Gasteiger partial charge >= 0.3 is 0 Å². The third-order valence-corrected chi connectivity index (χ3v) is 4.86. The number of hydrogen-bond acceptors (Lipinski definition) is 7. The Morgan fingerprint density at radius 2 is 2.12 bits per heavy atom. The number of amides is 1. The first-order chi connectivity index (χ1) is 11.5. The smallest absolute Gasteiger partial charge is 0.277 e. The molecule has 9 heteroatoms. The zero-order valence-electron chi connectivity index (χ0n) is 12.9. The predicted octanol–water partition coefficient (Wildman–Crippen LogP) is 3.68. The van der Waals surface area contributed by atoms with Crippen molar-refractivity contribution >= 4 is 34.7 Å². The average molecular weight is 364 g/mol. The summed E-state index contributed by atoms with van der Waals surface area (Å²) in [6.07, 6.45) is 0. The largest absolute Gasteiger partial charge is 0.410 e. The molecule has 3 aromatic rings. The maximum Gasteiger partial charge on any atom is 0.277 e. The van der Waals surface area contributed by atoms with Gasteiger partial charge in [0, 0.05) is 0 Å². The van der Waals surface area contributed by atoms with Crippen LogP contribution >= 0.6 is 23.1 Å². The van der Waals surface area contributed by atoms with Crippen LogP contribution < -0.4 is 5.32 Å². The molecule has 24 heavy (non-hydrogen) atoms. The van der Waals surface area contributed by atoms with E-state index in [1.807, 2.05) is 13.8 Å². The second-order valence-electron chi connectivity index (χ2n) is 4.84. The molecule has 124 valence electrons. The number of para-hydroxylation sites is 1. The van der Waals surface area contributed by atoms with Gasteiger partial charge < -0.3 is 9.73 Å². The number of nitrogens with one attached hydrogen (secondary N) is 1. The topological polar surface area (TPSA) is 80.9 Å². The van der Waals surface area contributed by atoms with E-state index >= 15 is 0 Å². The van der Waals surface area contributed by atoms with Crippen LogP contribution in [0.15, 0.2) is 33.9 Å². The minimum absolute atomic E-state index is 0.0384. The number of anilines is 1. The fraction of sp³-hybridized carbons (Fsp3) is 0.200. The van der Waals surface area contributed by atoms with Crippen LogP contribution in [0, 0.1) is 19.7 Å². The van der Waals surface area contributed by atoms with Crippen molar-refractivity contribution in [1.29, 1.82) is 0 Å². The Balaban J connectivity index is 1.60. The number of carbonyl (C=O) groups is 1. The summed E-state index contributed by atoms with van der Waals surface area (Å²) in [7, 11) is 0. The van der Waals surface area contributed by atoms with Gasteiger partial charge in [-0.3, -0.25) is 4.79 Å². The van der Waals surface area contributed by atoms with Crippen LogP contribution in [0.5, 0.6) is 0 Å². The number of thioether (sulfide) groups is 1. The lowest BCUT2D eigenvalue weighted by Crippen LogP contribution is -2.14. The quantitative estimate of drug-likeness (QED) is 0.696. The zero-order chi connectivity index (χ0) is 17.1. The van der Waals surface area contributed by atoms with Crippen molar-refractivity contribution in [3.8, 4) is 10.8 Å². The van der Waals surface area contributed by atoms with Gasteiger partial charge in [-0.1, -0.05) is 23.9 Å². The van der Waals surface area contributed by atoms with Crippen LogP contribution in [-0.2, 0) is 4.79 Å². The van der Waals surface area contributed by atoms with Crippen molar-refractivity contribution in [2.45, 2.75) is 19.1 Å². The Kier molecular flexibility index (Phi) is 4.91. The molecule has 6 nitrogen and oxygen atoms in total. The summed E-state index contributed by atoms with van der Waals surface area (Å²) in [5, 5.41) is 11.6. The molecule has 2 aromatic heterocycles. The van der Waals surface area contributed by atoms with Crippen molar-refractivity contribution < 1.29 is 13.6 Å². The maximum absolute atomic E-state index is 13.5. The third-order valence-electron chi connectivity index (χ3n) is 2.98. The van der Waals surface area contributed by atoms with E-state index in [4.69, 9.17) is 4.42 Å². The normalized spacial score (nSPS) is 10.8. The van der Waals surface area contributed by atoms with E-state index in [2.05, 4.69) is 20.5 Å². The number of thiazole rings is 1. The molecule has 1 N–H and O–H groups in total. The summed E-state index contributed by atoms with van der Waals surface area (Å²) < 4.78 is 19.0. The molecule has 0 radical (unpaired) electrons. The standard InChI is InChI=1S/C15H13FN4O2S2/c1-8-13(24-9(2)17-8)14-19-20-15(22-14)23-7-12(21)18-11-6-4-3-5-10(11)16/h3-6H,7H2,1-2H3,(H,18,21). The highest BCUT2D eigenvalue weighted by molar-refractivity contribution is 7.99. The van der Waals surface area contributed by atoms with Crippen LogP contribution in [0.1, 0.15) is 10.7 Å². The summed E-state index contributed by atoms with van der Waals surface area (Å²) in [6, 6.07) is 5.99.